The van der Waals surface area contributed by atoms with E-state index in [1.54, 1.807) is 24.3 Å². The van der Waals surface area contributed by atoms with Gasteiger partial charge in [0.1, 0.15) is 0 Å². The maximum absolute atomic E-state index is 12.5. The molecule has 0 aliphatic carbocycles. The van der Waals surface area contributed by atoms with Crippen LogP contribution in [-0.2, 0) is 10.0 Å². The average molecular weight is 444 g/mol. The minimum atomic E-state index is -3.40. The van der Waals surface area contributed by atoms with Crippen LogP contribution in [0.1, 0.15) is 23.2 Å². The van der Waals surface area contributed by atoms with E-state index >= 15 is 0 Å². The molecule has 1 aliphatic rings. The molecule has 25 heavy (non-hydrogen) atoms. The van der Waals surface area contributed by atoms with Gasteiger partial charge in [0.15, 0.2) is 0 Å². The molecule has 0 spiro atoms. The summed E-state index contributed by atoms with van der Waals surface area (Å²) in [7, 11) is -3.40. The lowest BCUT2D eigenvalue weighted by Gasteiger charge is -2.29. The number of halogens is 2. The van der Waals surface area contributed by atoms with Crippen LogP contribution in [-0.4, -0.2) is 26.6 Å². The van der Waals surface area contributed by atoms with Crippen LogP contribution in [0.5, 0.6) is 0 Å². The van der Waals surface area contributed by atoms with E-state index in [9.17, 15) is 13.2 Å². The Morgan fingerprint density at radius 3 is 2.68 bits per heavy atom. The highest BCUT2D eigenvalue weighted by molar-refractivity contribution is 9.10. The molecule has 1 heterocycles. The Bertz CT molecular complexity index is 918. The minimum absolute atomic E-state index is 0.0950. The number of carbonyl (C=O) groups is 1. The number of hydrogen-bond donors (Lipinski definition) is 1. The Morgan fingerprint density at radius 1 is 1.16 bits per heavy atom. The van der Waals surface area contributed by atoms with E-state index in [-0.39, 0.29) is 11.7 Å². The van der Waals surface area contributed by atoms with E-state index in [2.05, 4.69) is 21.2 Å². The molecule has 132 valence electrons. The molecule has 1 amide bonds. The van der Waals surface area contributed by atoms with E-state index in [4.69, 9.17) is 11.6 Å². The first kappa shape index (κ1) is 18.2. The predicted octanol–water partition coefficient (Wildman–Crippen LogP) is 4.28. The van der Waals surface area contributed by atoms with Crippen molar-refractivity contribution in [3.05, 3.63) is 57.5 Å². The van der Waals surface area contributed by atoms with Crippen molar-refractivity contribution in [2.45, 2.75) is 12.8 Å². The molecule has 5 nitrogen and oxygen atoms in total. The monoisotopic (exact) mass is 442 g/mol. The van der Waals surface area contributed by atoms with Crippen molar-refractivity contribution in [2.75, 3.05) is 21.9 Å². The van der Waals surface area contributed by atoms with Crippen molar-refractivity contribution in [1.82, 2.24) is 0 Å². The summed E-state index contributed by atoms with van der Waals surface area (Å²) in [6, 6.07) is 11.9. The maximum atomic E-state index is 12.5. The smallest absolute Gasteiger partial charge is 0.255 e. The number of sulfonamides is 1. The summed E-state index contributed by atoms with van der Waals surface area (Å²) in [6.07, 6.45) is 1.41. The zero-order valence-corrected chi connectivity index (χ0v) is 16.4. The van der Waals surface area contributed by atoms with Crippen molar-refractivity contribution < 1.29 is 13.2 Å². The molecule has 8 heteroatoms. The third-order valence-electron chi connectivity index (χ3n) is 3.91. The summed E-state index contributed by atoms with van der Waals surface area (Å²) in [4.78, 5) is 12.5. The Hall–Kier alpha value is -1.57. The van der Waals surface area contributed by atoms with Gasteiger partial charge in [-0.3, -0.25) is 9.10 Å². The molecule has 0 radical (unpaired) electrons. The maximum Gasteiger partial charge on any atom is 0.255 e. The van der Waals surface area contributed by atoms with Gasteiger partial charge in [-0.25, -0.2) is 8.42 Å². The molecule has 0 aromatic heterocycles. The molecule has 1 aliphatic heterocycles. The van der Waals surface area contributed by atoms with Crippen LogP contribution in [0.15, 0.2) is 46.9 Å². The van der Waals surface area contributed by atoms with Gasteiger partial charge in [-0.05, 0) is 49.2 Å². The van der Waals surface area contributed by atoms with E-state index in [1.165, 1.54) is 10.4 Å². The van der Waals surface area contributed by atoms with Crippen molar-refractivity contribution in [2.24, 2.45) is 0 Å². The van der Waals surface area contributed by atoms with Gasteiger partial charge < -0.3 is 5.32 Å². The zero-order chi connectivity index (χ0) is 18.0. The fourth-order valence-electron chi connectivity index (χ4n) is 2.67. The Kier molecular flexibility index (Phi) is 5.36. The van der Waals surface area contributed by atoms with Gasteiger partial charge in [-0.15, -0.1) is 0 Å². The topological polar surface area (TPSA) is 66.5 Å². The second-order valence-corrected chi connectivity index (χ2v) is 9.06. The van der Waals surface area contributed by atoms with Gasteiger partial charge in [0.2, 0.25) is 10.0 Å². The standard InChI is InChI=1S/C17H16BrClN2O3S/c18-13-4-3-5-14(11-13)20-17(22)12-6-7-15(19)16(10-12)21-8-1-2-9-25(21,23)24/h3-7,10-11H,1-2,8-9H2,(H,20,22). The summed E-state index contributed by atoms with van der Waals surface area (Å²) in [5, 5.41) is 3.10. The highest BCUT2D eigenvalue weighted by Crippen LogP contribution is 2.32. The molecule has 2 aromatic rings. The first-order chi connectivity index (χ1) is 11.9. The number of nitrogens with one attached hydrogen (secondary N) is 1. The first-order valence-corrected chi connectivity index (χ1v) is 10.5. The molecule has 1 fully saturated rings. The normalized spacial score (nSPS) is 16.5. The molecular weight excluding hydrogens is 428 g/mol. The fourth-order valence-corrected chi connectivity index (χ4v) is 4.99. The number of amides is 1. The van der Waals surface area contributed by atoms with Crippen molar-refractivity contribution >= 4 is 54.8 Å². The van der Waals surface area contributed by atoms with Gasteiger partial charge in [-0.2, -0.15) is 0 Å². The lowest BCUT2D eigenvalue weighted by atomic mass is 10.1. The van der Waals surface area contributed by atoms with Crippen LogP contribution in [0, 0.1) is 0 Å². The van der Waals surface area contributed by atoms with Crippen molar-refractivity contribution in [3.8, 4) is 0 Å². The molecule has 0 unspecified atom stereocenters. The molecule has 0 saturated carbocycles. The molecule has 1 saturated heterocycles. The van der Waals surface area contributed by atoms with E-state index in [0.29, 0.717) is 34.9 Å². The molecular formula is C17H16BrClN2O3S. The Morgan fingerprint density at radius 2 is 1.96 bits per heavy atom. The largest absolute Gasteiger partial charge is 0.322 e. The minimum Gasteiger partial charge on any atom is -0.322 e. The van der Waals surface area contributed by atoms with E-state index in [0.717, 1.165) is 10.9 Å². The summed E-state index contributed by atoms with van der Waals surface area (Å²) in [5.41, 5.74) is 1.34. The molecule has 0 atom stereocenters. The van der Waals surface area contributed by atoms with Gasteiger partial charge in [0.05, 0.1) is 16.5 Å². The third-order valence-corrected chi connectivity index (χ3v) is 6.58. The second-order valence-electron chi connectivity index (χ2n) is 5.73. The lowest BCUT2D eigenvalue weighted by molar-refractivity contribution is 0.102. The molecule has 3 rings (SSSR count). The molecule has 2 aromatic carbocycles. The highest BCUT2D eigenvalue weighted by atomic mass is 79.9. The predicted molar refractivity (Wildman–Crippen MR) is 104 cm³/mol. The van der Waals surface area contributed by atoms with Crippen LogP contribution in [0.25, 0.3) is 0 Å². The van der Waals surface area contributed by atoms with Crippen LogP contribution in [0.3, 0.4) is 0 Å². The molecule has 1 N–H and O–H groups in total. The van der Waals surface area contributed by atoms with Crippen LogP contribution in [0.2, 0.25) is 5.02 Å². The molecule has 0 bridgehead atoms. The quantitative estimate of drug-likeness (QED) is 0.770. The van der Waals surface area contributed by atoms with Crippen LogP contribution < -0.4 is 9.62 Å². The fraction of sp³-hybridized carbons (Fsp3) is 0.235. The number of benzene rings is 2. The Labute approximate surface area is 160 Å². The van der Waals surface area contributed by atoms with Gasteiger partial charge >= 0.3 is 0 Å². The van der Waals surface area contributed by atoms with Crippen molar-refractivity contribution in [3.63, 3.8) is 0 Å². The third kappa shape index (κ3) is 4.16. The number of carbonyl (C=O) groups excluding carboxylic acids is 1. The Balaban J connectivity index is 1.89. The number of anilines is 2. The summed E-state index contributed by atoms with van der Waals surface area (Å²) >= 11 is 9.55. The average Bonchev–Trinajstić information content (AvgIpc) is 2.55. The number of nitrogens with zero attached hydrogens (tertiary/aromatic N) is 1. The SMILES string of the molecule is O=C(Nc1cccc(Br)c1)c1ccc(Cl)c(N2CCCCS2(=O)=O)c1. The van der Waals surface area contributed by atoms with Gasteiger partial charge in [0, 0.05) is 22.3 Å². The summed E-state index contributed by atoms with van der Waals surface area (Å²) in [6.45, 7) is 0.374. The van der Waals surface area contributed by atoms with Crippen LogP contribution >= 0.6 is 27.5 Å². The number of rotatable bonds is 3. The van der Waals surface area contributed by atoms with Gasteiger partial charge in [-0.1, -0.05) is 33.6 Å². The van der Waals surface area contributed by atoms with Gasteiger partial charge in [0.25, 0.3) is 5.91 Å². The number of hydrogen-bond acceptors (Lipinski definition) is 3. The van der Waals surface area contributed by atoms with E-state index < -0.39 is 10.0 Å². The van der Waals surface area contributed by atoms with E-state index in [1.807, 2.05) is 12.1 Å². The van der Waals surface area contributed by atoms with Crippen LogP contribution in [0.4, 0.5) is 11.4 Å². The lowest BCUT2D eigenvalue weighted by Crippen LogP contribution is -2.38. The summed E-state index contributed by atoms with van der Waals surface area (Å²) in [5.74, 6) is -0.233. The zero-order valence-electron chi connectivity index (χ0n) is 13.2. The van der Waals surface area contributed by atoms with Crippen molar-refractivity contribution in [1.29, 1.82) is 0 Å². The first-order valence-electron chi connectivity index (χ1n) is 7.74. The summed E-state index contributed by atoms with van der Waals surface area (Å²) < 4.78 is 26.8. The highest BCUT2D eigenvalue weighted by Gasteiger charge is 2.28. The second kappa shape index (κ2) is 7.35.